The summed E-state index contributed by atoms with van der Waals surface area (Å²) in [5.74, 6) is -1.65. The molecule has 0 bridgehead atoms. The summed E-state index contributed by atoms with van der Waals surface area (Å²) in [4.78, 5) is 25.7. The highest BCUT2D eigenvalue weighted by Gasteiger charge is 2.19. The second kappa shape index (κ2) is 8.58. The molecule has 170 valence electrons. The highest BCUT2D eigenvalue weighted by molar-refractivity contribution is 7.18. The van der Waals surface area contributed by atoms with Crippen LogP contribution >= 0.6 is 22.9 Å². The number of carbonyl (C=O) groups is 1. The maximum atomic E-state index is 14.5. The number of aromatic nitrogens is 3. The van der Waals surface area contributed by atoms with Crippen LogP contribution in [0.1, 0.15) is 27.2 Å². The lowest BCUT2D eigenvalue weighted by Gasteiger charge is -2.14. The minimum Gasteiger partial charge on any atom is -0.382 e. The van der Waals surface area contributed by atoms with Gasteiger partial charge in [0, 0.05) is 28.8 Å². The summed E-state index contributed by atoms with van der Waals surface area (Å²) in [5.41, 5.74) is 9.00. The Balaban J connectivity index is 1.55. The van der Waals surface area contributed by atoms with Crippen molar-refractivity contribution < 1.29 is 13.6 Å². The normalized spacial score (nSPS) is 11.3. The Kier molecular flexibility index (Phi) is 5.59. The van der Waals surface area contributed by atoms with E-state index in [1.165, 1.54) is 23.7 Å². The number of aryl methyl sites for hydroxylation is 1. The smallest absolute Gasteiger partial charge is 0.258 e. The number of halogens is 3. The van der Waals surface area contributed by atoms with Gasteiger partial charge in [0.1, 0.15) is 28.8 Å². The molecule has 0 aliphatic heterocycles. The molecule has 0 saturated heterocycles. The molecule has 0 aliphatic carbocycles. The largest absolute Gasteiger partial charge is 0.382 e. The van der Waals surface area contributed by atoms with Gasteiger partial charge in [0.25, 0.3) is 5.91 Å². The molecule has 0 radical (unpaired) electrons. The van der Waals surface area contributed by atoms with E-state index >= 15 is 0 Å². The molecule has 5 aromatic rings. The summed E-state index contributed by atoms with van der Waals surface area (Å²) < 4.78 is 28.7. The zero-order valence-electron chi connectivity index (χ0n) is 17.7. The Bertz CT molecular complexity index is 1600. The highest BCUT2D eigenvalue weighted by Crippen LogP contribution is 2.33. The summed E-state index contributed by atoms with van der Waals surface area (Å²) in [6.45, 7) is 1.88. The number of anilines is 2. The minimum atomic E-state index is -0.817. The van der Waals surface area contributed by atoms with Crippen LogP contribution in [0.3, 0.4) is 0 Å². The van der Waals surface area contributed by atoms with Gasteiger partial charge in [-0.2, -0.15) is 0 Å². The zero-order chi connectivity index (χ0) is 24.0. The van der Waals surface area contributed by atoms with Crippen molar-refractivity contribution in [1.82, 2.24) is 15.0 Å². The number of carbonyl (C=O) groups excluding carboxylic acids is 1. The van der Waals surface area contributed by atoms with Gasteiger partial charge >= 0.3 is 0 Å². The fourth-order valence-corrected chi connectivity index (χ4v) is 4.91. The molecule has 0 saturated carbocycles. The predicted octanol–water partition coefficient (Wildman–Crippen LogP) is 5.90. The van der Waals surface area contributed by atoms with E-state index in [1.54, 1.807) is 17.6 Å². The number of fused-ring (bicyclic) bond motifs is 2. The van der Waals surface area contributed by atoms with E-state index < -0.39 is 16.7 Å². The first kappa shape index (κ1) is 22.1. The second-order valence-electron chi connectivity index (χ2n) is 7.66. The van der Waals surface area contributed by atoms with Gasteiger partial charge in [0.2, 0.25) is 0 Å². The average molecular weight is 496 g/mol. The van der Waals surface area contributed by atoms with Crippen molar-refractivity contribution in [3.8, 4) is 0 Å². The van der Waals surface area contributed by atoms with Crippen molar-refractivity contribution >= 4 is 61.3 Å². The molecular formula is C24H16ClF2N5OS. The molecule has 34 heavy (non-hydrogen) atoms. The number of rotatable bonds is 4. The van der Waals surface area contributed by atoms with Crippen molar-refractivity contribution in [3.05, 3.63) is 87.3 Å². The number of pyridine rings is 1. The molecule has 5 rings (SSSR count). The van der Waals surface area contributed by atoms with E-state index in [2.05, 4.69) is 20.3 Å². The summed E-state index contributed by atoms with van der Waals surface area (Å²) in [5, 5.41) is 5.59. The van der Waals surface area contributed by atoms with Crippen LogP contribution in [0.15, 0.2) is 48.2 Å². The number of nitrogen functional groups attached to an aromatic ring is 1. The lowest BCUT2D eigenvalue weighted by Crippen LogP contribution is -2.13. The molecular weight excluding hydrogens is 480 g/mol. The first-order valence-corrected chi connectivity index (χ1v) is 11.4. The molecule has 0 unspecified atom stereocenters. The summed E-state index contributed by atoms with van der Waals surface area (Å²) in [7, 11) is 0. The van der Waals surface area contributed by atoms with Crippen LogP contribution < -0.4 is 11.1 Å². The van der Waals surface area contributed by atoms with Gasteiger partial charge in [0.05, 0.1) is 27.2 Å². The van der Waals surface area contributed by atoms with Crippen LogP contribution in [-0.4, -0.2) is 20.9 Å². The zero-order valence-corrected chi connectivity index (χ0v) is 19.3. The number of thiophene rings is 1. The van der Waals surface area contributed by atoms with Gasteiger partial charge in [-0.05, 0) is 30.2 Å². The van der Waals surface area contributed by atoms with Crippen LogP contribution in [0.2, 0.25) is 5.02 Å². The van der Waals surface area contributed by atoms with Crippen LogP contribution in [0.4, 0.5) is 20.3 Å². The van der Waals surface area contributed by atoms with Gasteiger partial charge in [-0.15, -0.1) is 11.3 Å². The van der Waals surface area contributed by atoms with Crippen LogP contribution in [0.5, 0.6) is 0 Å². The Labute approximate surface area is 201 Å². The third kappa shape index (κ3) is 3.72. The molecule has 0 atom stereocenters. The molecule has 0 aliphatic rings. The minimum absolute atomic E-state index is 0.102. The quantitative estimate of drug-likeness (QED) is 0.302. The van der Waals surface area contributed by atoms with E-state index in [9.17, 15) is 13.6 Å². The van der Waals surface area contributed by atoms with Crippen molar-refractivity contribution in [2.24, 2.45) is 0 Å². The van der Waals surface area contributed by atoms with Gasteiger partial charge in [0.15, 0.2) is 0 Å². The van der Waals surface area contributed by atoms with Gasteiger partial charge in [-0.1, -0.05) is 29.8 Å². The standard InChI is InChI=1S/C24H16ClF2N5OS/c1-11-2-4-13-14(6-7-29-17(13)8-12-3-5-16(26)18(25)19(12)27)20(11)32-24(33)15-9-34-22-21(15)30-10-31-23(22)28/h2-7,9-10H,8H2,1H3,(H,32,33)(H2,28,30,31). The number of benzene rings is 2. The third-order valence-corrected chi connectivity index (χ3v) is 6.91. The fourth-order valence-electron chi connectivity index (χ4n) is 3.83. The van der Waals surface area contributed by atoms with Gasteiger partial charge in [-0.3, -0.25) is 9.78 Å². The molecule has 3 N–H and O–H groups in total. The Morgan fingerprint density at radius 1 is 1.12 bits per heavy atom. The maximum absolute atomic E-state index is 14.5. The lowest BCUT2D eigenvalue weighted by atomic mass is 10.00. The Morgan fingerprint density at radius 3 is 2.76 bits per heavy atom. The topological polar surface area (TPSA) is 93.8 Å². The van der Waals surface area contributed by atoms with Crippen LogP contribution in [0, 0.1) is 18.6 Å². The van der Waals surface area contributed by atoms with Crippen molar-refractivity contribution in [2.75, 3.05) is 11.1 Å². The van der Waals surface area contributed by atoms with Crippen LogP contribution in [0.25, 0.3) is 21.0 Å². The molecule has 1 amide bonds. The third-order valence-electron chi connectivity index (χ3n) is 5.57. The molecule has 0 spiro atoms. The predicted molar refractivity (Wildman–Crippen MR) is 130 cm³/mol. The van der Waals surface area contributed by atoms with E-state index in [0.717, 1.165) is 22.4 Å². The van der Waals surface area contributed by atoms with E-state index in [4.69, 9.17) is 17.3 Å². The first-order chi connectivity index (χ1) is 16.3. The maximum Gasteiger partial charge on any atom is 0.258 e. The monoisotopic (exact) mass is 495 g/mol. The van der Waals surface area contributed by atoms with Crippen molar-refractivity contribution in [2.45, 2.75) is 13.3 Å². The SMILES string of the molecule is Cc1ccc2c(Cc3ccc(F)c(Cl)c3F)nccc2c1NC(=O)c1csc2c(N)ncnc12. The van der Waals surface area contributed by atoms with Crippen molar-refractivity contribution in [1.29, 1.82) is 0 Å². The van der Waals surface area contributed by atoms with E-state index in [-0.39, 0.29) is 17.9 Å². The summed E-state index contributed by atoms with van der Waals surface area (Å²) in [6, 6.07) is 7.97. The van der Waals surface area contributed by atoms with E-state index in [1.807, 2.05) is 19.1 Å². The number of nitrogens with zero attached hydrogens (tertiary/aromatic N) is 3. The second-order valence-corrected chi connectivity index (χ2v) is 8.92. The average Bonchev–Trinajstić information content (AvgIpc) is 3.27. The van der Waals surface area contributed by atoms with Crippen LogP contribution in [-0.2, 0) is 6.42 Å². The number of amides is 1. The molecule has 6 nitrogen and oxygen atoms in total. The van der Waals surface area contributed by atoms with Gasteiger partial charge < -0.3 is 11.1 Å². The summed E-state index contributed by atoms with van der Waals surface area (Å²) in [6.07, 6.45) is 3.01. The Morgan fingerprint density at radius 2 is 1.94 bits per heavy atom. The molecule has 3 aromatic heterocycles. The number of nitrogens with two attached hydrogens (primary N) is 1. The molecule has 2 aromatic carbocycles. The first-order valence-electron chi connectivity index (χ1n) is 10.1. The van der Waals surface area contributed by atoms with Crippen molar-refractivity contribution in [3.63, 3.8) is 0 Å². The lowest BCUT2D eigenvalue weighted by molar-refractivity contribution is 0.102. The van der Waals surface area contributed by atoms with E-state index in [0.29, 0.717) is 33.0 Å². The van der Waals surface area contributed by atoms with Gasteiger partial charge in [-0.25, -0.2) is 18.7 Å². The number of hydrogen-bond acceptors (Lipinski definition) is 6. The summed E-state index contributed by atoms with van der Waals surface area (Å²) >= 11 is 7.04. The molecule has 0 fully saturated rings. The molecule has 3 heterocycles. The number of nitrogens with one attached hydrogen (secondary N) is 1. The Hall–Kier alpha value is -3.69. The number of hydrogen-bond donors (Lipinski definition) is 2. The molecule has 10 heteroatoms. The fraction of sp³-hybridized carbons (Fsp3) is 0.0833. The highest BCUT2D eigenvalue weighted by atomic mass is 35.5.